The van der Waals surface area contributed by atoms with Crippen molar-refractivity contribution in [3.63, 3.8) is 0 Å². The van der Waals surface area contributed by atoms with E-state index >= 15 is 0 Å². The number of morpholine rings is 1. The van der Waals surface area contributed by atoms with Crippen molar-refractivity contribution < 1.29 is 13.5 Å². The van der Waals surface area contributed by atoms with Gasteiger partial charge >= 0.3 is 0 Å². The zero-order chi connectivity index (χ0) is 11.8. The molecule has 4 heteroatoms. The van der Waals surface area contributed by atoms with E-state index in [0.29, 0.717) is 13.2 Å². The van der Waals surface area contributed by atoms with Gasteiger partial charge < -0.3 is 10.1 Å². The van der Waals surface area contributed by atoms with Crippen molar-refractivity contribution in [1.29, 1.82) is 0 Å². The molecule has 0 spiro atoms. The van der Waals surface area contributed by atoms with E-state index in [4.69, 9.17) is 4.74 Å². The molecule has 1 aromatic carbocycles. The number of halogens is 2. The number of nitrogens with one attached hydrogen (secondary N) is 1. The molecule has 1 N–H and O–H groups in total. The summed E-state index contributed by atoms with van der Waals surface area (Å²) in [6.07, 6.45) is -0.413. The minimum atomic E-state index is -0.828. The Morgan fingerprint density at radius 2 is 2.12 bits per heavy atom. The maximum absolute atomic E-state index is 13.5. The molecule has 1 unspecified atom stereocenters. The van der Waals surface area contributed by atoms with Crippen molar-refractivity contribution in [2.75, 3.05) is 13.2 Å². The molecule has 16 heavy (non-hydrogen) atoms. The number of benzene rings is 1. The smallest absolute Gasteiger partial charge is 0.164 e. The molecule has 88 valence electrons. The van der Waals surface area contributed by atoms with Gasteiger partial charge in [-0.1, -0.05) is 12.1 Å². The van der Waals surface area contributed by atoms with Crippen LogP contribution in [0.2, 0.25) is 0 Å². The molecule has 0 aliphatic carbocycles. The number of ether oxygens (including phenoxy) is 1. The van der Waals surface area contributed by atoms with E-state index in [9.17, 15) is 8.78 Å². The Hall–Kier alpha value is -1.00. The molecular formula is C12H15F2NO. The summed E-state index contributed by atoms with van der Waals surface area (Å²) in [5.41, 5.74) is 0.170. The van der Waals surface area contributed by atoms with Gasteiger partial charge in [0.2, 0.25) is 0 Å². The fraction of sp³-hybridized carbons (Fsp3) is 0.500. The van der Waals surface area contributed by atoms with Crippen LogP contribution >= 0.6 is 0 Å². The van der Waals surface area contributed by atoms with Crippen LogP contribution in [0.1, 0.15) is 25.5 Å². The Morgan fingerprint density at radius 3 is 2.75 bits per heavy atom. The van der Waals surface area contributed by atoms with E-state index in [1.807, 2.05) is 13.8 Å². The van der Waals surface area contributed by atoms with E-state index in [1.165, 1.54) is 6.07 Å². The van der Waals surface area contributed by atoms with Gasteiger partial charge in [0.25, 0.3) is 0 Å². The third-order valence-corrected chi connectivity index (χ3v) is 2.74. The molecule has 0 amide bonds. The van der Waals surface area contributed by atoms with Crippen LogP contribution in [0, 0.1) is 11.6 Å². The highest BCUT2D eigenvalue weighted by atomic mass is 19.2. The SMILES string of the molecule is CC1(C)COC(c2cccc(F)c2F)CN1. The Morgan fingerprint density at radius 1 is 1.38 bits per heavy atom. The first-order valence-corrected chi connectivity index (χ1v) is 5.30. The van der Waals surface area contributed by atoms with Crippen molar-refractivity contribution in [3.05, 3.63) is 35.4 Å². The maximum atomic E-state index is 13.5. The van der Waals surface area contributed by atoms with Crippen LogP contribution in [0.4, 0.5) is 8.78 Å². The topological polar surface area (TPSA) is 21.3 Å². The van der Waals surface area contributed by atoms with Gasteiger partial charge in [-0.15, -0.1) is 0 Å². The Balaban J connectivity index is 2.17. The summed E-state index contributed by atoms with van der Waals surface area (Å²) in [7, 11) is 0. The van der Waals surface area contributed by atoms with Gasteiger partial charge in [0.1, 0.15) is 0 Å². The van der Waals surface area contributed by atoms with Crippen molar-refractivity contribution in [2.45, 2.75) is 25.5 Å². The molecule has 2 nitrogen and oxygen atoms in total. The lowest BCUT2D eigenvalue weighted by atomic mass is 10.0. The van der Waals surface area contributed by atoms with Gasteiger partial charge in [-0.2, -0.15) is 0 Å². The monoisotopic (exact) mass is 227 g/mol. The van der Waals surface area contributed by atoms with Crippen molar-refractivity contribution >= 4 is 0 Å². The number of rotatable bonds is 1. The Kier molecular flexibility index (Phi) is 2.95. The summed E-state index contributed by atoms with van der Waals surface area (Å²) in [6.45, 7) is 4.98. The van der Waals surface area contributed by atoms with Crippen LogP contribution in [0.25, 0.3) is 0 Å². The third kappa shape index (κ3) is 2.23. The highest BCUT2D eigenvalue weighted by Crippen LogP contribution is 2.26. The van der Waals surface area contributed by atoms with Gasteiger partial charge in [0.05, 0.1) is 12.7 Å². The lowest BCUT2D eigenvalue weighted by molar-refractivity contribution is -0.0247. The number of hydrogen-bond acceptors (Lipinski definition) is 2. The van der Waals surface area contributed by atoms with Crippen LogP contribution in [0.3, 0.4) is 0 Å². The van der Waals surface area contributed by atoms with E-state index in [1.54, 1.807) is 6.07 Å². The average Bonchev–Trinajstić information content (AvgIpc) is 2.23. The summed E-state index contributed by atoms with van der Waals surface area (Å²) >= 11 is 0. The molecule has 1 fully saturated rings. The molecule has 1 saturated heterocycles. The number of hydrogen-bond donors (Lipinski definition) is 1. The summed E-state index contributed by atoms with van der Waals surface area (Å²) in [5, 5.41) is 3.24. The van der Waals surface area contributed by atoms with Crippen LogP contribution in [-0.4, -0.2) is 18.7 Å². The van der Waals surface area contributed by atoms with Crippen molar-refractivity contribution in [3.8, 4) is 0 Å². The second-order valence-corrected chi connectivity index (χ2v) is 4.71. The van der Waals surface area contributed by atoms with Crippen molar-refractivity contribution in [2.24, 2.45) is 0 Å². The second-order valence-electron chi connectivity index (χ2n) is 4.71. The second kappa shape index (κ2) is 4.11. The molecule has 1 aliphatic heterocycles. The first-order chi connectivity index (χ1) is 7.49. The predicted octanol–water partition coefficient (Wildman–Crippen LogP) is 2.40. The zero-order valence-electron chi connectivity index (χ0n) is 9.39. The van der Waals surface area contributed by atoms with E-state index in [-0.39, 0.29) is 11.1 Å². The average molecular weight is 227 g/mol. The highest BCUT2D eigenvalue weighted by molar-refractivity contribution is 5.22. The predicted molar refractivity (Wildman–Crippen MR) is 57.1 cm³/mol. The first-order valence-electron chi connectivity index (χ1n) is 5.30. The molecule has 1 aliphatic rings. The molecule has 0 saturated carbocycles. The molecule has 0 radical (unpaired) electrons. The van der Waals surface area contributed by atoms with E-state index in [2.05, 4.69) is 5.32 Å². The summed E-state index contributed by atoms with van der Waals surface area (Å²) in [5.74, 6) is -1.64. The Labute approximate surface area is 93.6 Å². The summed E-state index contributed by atoms with van der Waals surface area (Å²) < 4.78 is 32.1. The lowest BCUT2D eigenvalue weighted by Crippen LogP contribution is -2.50. The molecule has 0 bridgehead atoms. The lowest BCUT2D eigenvalue weighted by Gasteiger charge is -2.36. The molecule has 1 atom stereocenters. The van der Waals surface area contributed by atoms with Gasteiger partial charge in [0.15, 0.2) is 11.6 Å². The fourth-order valence-electron chi connectivity index (χ4n) is 1.76. The first kappa shape index (κ1) is 11.5. The van der Waals surface area contributed by atoms with Crippen LogP contribution in [-0.2, 0) is 4.74 Å². The van der Waals surface area contributed by atoms with Crippen LogP contribution in [0.5, 0.6) is 0 Å². The minimum Gasteiger partial charge on any atom is -0.370 e. The zero-order valence-corrected chi connectivity index (χ0v) is 9.39. The minimum absolute atomic E-state index is 0.111. The van der Waals surface area contributed by atoms with Crippen LogP contribution in [0.15, 0.2) is 18.2 Å². The van der Waals surface area contributed by atoms with Crippen molar-refractivity contribution in [1.82, 2.24) is 5.32 Å². The van der Waals surface area contributed by atoms with Gasteiger partial charge in [0, 0.05) is 17.6 Å². The maximum Gasteiger partial charge on any atom is 0.164 e. The largest absolute Gasteiger partial charge is 0.370 e. The molecule has 2 rings (SSSR count). The van der Waals surface area contributed by atoms with Gasteiger partial charge in [-0.3, -0.25) is 0 Å². The van der Waals surface area contributed by atoms with Gasteiger partial charge in [-0.05, 0) is 19.9 Å². The molecule has 1 heterocycles. The highest BCUT2D eigenvalue weighted by Gasteiger charge is 2.29. The molecule has 0 aromatic heterocycles. The standard InChI is InChI=1S/C12H15F2NO/c1-12(2)7-16-10(6-15-12)8-4-3-5-9(13)11(8)14/h3-5,10,15H,6-7H2,1-2H3. The quantitative estimate of drug-likeness (QED) is 0.795. The summed E-state index contributed by atoms with van der Waals surface area (Å²) in [4.78, 5) is 0. The van der Waals surface area contributed by atoms with E-state index < -0.39 is 17.7 Å². The fourth-order valence-corrected chi connectivity index (χ4v) is 1.76. The molecular weight excluding hydrogens is 212 g/mol. The third-order valence-electron chi connectivity index (χ3n) is 2.74. The Bertz CT molecular complexity index is 383. The molecule has 1 aromatic rings. The van der Waals surface area contributed by atoms with Gasteiger partial charge in [-0.25, -0.2) is 8.78 Å². The van der Waals surface area contributed by atoms with E-state index in [0.717, 1.165) is 6.07 Å². The van der Waals surface area contributed by atoms with Crippen LogP contribution < -0.4 is 5.32 Å². The summed E-state index contributed by atoms with van der Waals surface area (Å²) in [6, 6.07) is 4.17. The normalized spacial score (nSPS) is 24.4.